The van der Waals surface area contributed by atoms with E-state index in [1.807, 2.05) is 42.5 Å². The third-order valence-corrected chi connectivity index (χ3v) is 4.84. The number of benzene rings is 2. The van der Waals surface area contributed by atoms with E-state index in [0.29, 0.717) is 12.8 Å². The van der Waals surface area contributed by atoms with Crippen LogP contribution >= 0.6 is 0 Å². The maximum Gasteiger partial charge on any atom is 0.221 e. The molecule has 0 unspecified atom stereocenters. The Hall–Kier alpha value is -2.29. The second kappa shape index (κ2) is 6.86. The van der Waals surface area contributed by atoms with Gasteiger partial charge in [-0.3, -0.25) is 4.79 Å². The lowest BCUT2D eigenvalue weighted by Crippen LogP contribution is -2.43. The van der Waals surface area contributed by atoms with Gasteiger partial charge in [0, 0.05) is 12.1 Å². The molecule has 1 fully saturated rings. The highest BCUT2D eigenvalue weighted by Crippen LogP contribution is 2.38. The van der Waals surface area contributed by atoms with Crippen LogP contribution in [0.4, 0.5) is 5.69 Å². The van der Waals surface area contributed by atoms with Crippen LogP contribution in [0.1, 0.15) is 43.2 Å². The Balaban J connectivity index is 1.67. The molecule has 0 aliphatic heterocycles. The van der Waals surface area contributed by atoms with Gasteiger partial charge < -0.3 is 11.1 Å². The zero-order valence-corrected chi connectivity index (χ0v) is 13.4. The highest BCUT2D eigenvalue weighted by molar-refractivity contribution is 5.77. The lowest BCUT2D eigenvalue weighted by atomic mass is 9.88. The van der Waals surface area contributed by atoms with Gasteiger partial charge in [-0.15, -0.1) is 0 Å². The van der Waals surface area contributed by atoms with Gasteiger partial charge in [-0.25, -0.2) is 0 Å². The number of nitrogen functional groups attached to an aromatic ring is 1. The van der Waals surface area contributed by atoms with Crippen LogP contribution in [0.25, 0.3) is 0 Å². The Kier molecular flexibility index (Phi) is 4.65. The van der Waals surface area contributed by atoms with Gasteiger partial charge in [0.2, 0.25) is 5.91 Å². The van der Waals surface area contributed by atoms with Gasteiger partial charge in [-0.2, -0.15) is 0 Å². The number of carbonyl (C=O) groups is 1. The van der Waals surface area contributed by atoms with Crippen molar-refractivity contribution >= 4 is 11.6 Å². The average Bonchev–Trinajstić information content (AvgIpc) is 3.05. The summed E-state index contributed by atoms with van der Waals surface area (Å²) in [7, 11) is 0. The van der Waals surface area contributed by atoms with Gasteiger partial charge in [0.05, 0.1) is 5.54 Å². The summed E-state index contributed by atoms with van der Waals surface area (Å²) in [6, 6.07) is 18.1. The maximum atomic E-state index is 12.5. The van der Waals surface area contributed by atoms with Crippen LogP contribution in [0, 0.1) is 0 Å². The third-order valence-electron chi connectivity index (χ3n) is 4.84. The van der Waals surface area contributed by atoms with E-state index in [-0.39, 0.29) is 11.4 Å². The summed E-state index contributed by atoms with van der Waals surface area (Å²) in [5.41, 5.74) is 8.81. The molecule has 3 heteroatoms. The van der Waals surface area contributed by atoms with Crippen LogP contribution in [-0.4, -0.2) is 5.91 Å². The molecular formula is C20H24N2O. The SMILES string of the molecule is Nc1ccccc1CCC(=O)NC1(c2ccccc2)CCCC1. The summed E-state index contributed by atoms with van der Waals surface area (Å²) in [5, 5.41) is 3.32. The molecule has 2 aromatic rings. The van der Waals surface area contributed by atoms with E-state index in [1.54, 1.807) is 0 Å². The molecule has 0 heterocycles. The first-order valence-corrected chi connectivity index (χ1v) is 8.40. The minimum absolute atomic E-state index is 0.110. The molecule has 2 aromatic carbocycles. The molecule has 3 N–H and O–H groups in total. The van der Waals surface area contributed by atoms with E-state index >= 15 is 0 Å². The number of para-hydroxylation sites is 1. The number of nitrogens with one attached hydrogen (secondary N) is 1. The predicted molar refractivity (Wildman–Crippen MR) is 93.9 cm³/mol. The highest BCUT2D eigenvalue weighted by atomic mass is 16.1. The highest BCUT2D eigenvalue weighted by Gasteiger charge is 2.36. The number of hydrogen-bond acceptors (Lipinski definition) is 2. The van der Waals surface area contributed by atoms with E-state index in [4.69, 9.17) is 5.73 Å². The van der Waals surface area contributed by atoms with E-state index in [1.165, 1.54) is 18.4 Å². The van der Waals surface area contributed by atoms with Gasteiger partial charge in [0.15, 0.2) is 0 Å². The average molecular weight is 308 g/mol. The van der Waals surface area contributed by atoms with Crippen molar-refractivity contribution in [2.75, 3.05) is 5.73 Å². The van der Waals surface area contributed by atoms with Crippen LogP contribution in [0.5, 0.6) is 0 Å². The van der Waals surface area contributed by atoms with Crippen molar-refractivity contribution in [1.82, 2.24) is 5.32 Å². The number of nitrogens with two attached hydrogens (primary N) is 1. The van der Waals surface area contributed by atoms with Crippen molar-refractivity contribution in [1.29, 1.82) is 0 Å². The fraction of sp³-hybridized carbons (Fsp3) is 0.350. The number of rotatable bonds is 5. The summed E-state index contributed by atoms with van der Waals surface area (Å²) in [6.07, 6.45) is 5.54. The molecule has 0 spiro atoms. The molecule has 0 atom stereocenters. The first kappa shape index (κ1) is 15.6. The molecular weight excluding hydrogens is 284 g/mol. The lowest BCUT2D eigenvalue weighted by Gasteiger charge is -2.31. The normalized spacial score (nSPS) is 16.2. The third kappa shape index (κ3) is 3.55. The molecule has 0 saturated heterocycles. The van der Waals surface area contributed by atoms with Crippen molar-refractivity contribution in [3.8, 4) is 0 Å². The van der Waals surface area contributed by atoms with Crippen molar-refractivity contribution < 1.29 is 4.79 Å². The zero-order chi connectivity index (χ0) is 16.1. The van der Waals surface area contributed by atoms with Crippen LogP contribution < -0.4 is 11.1 Å². The van der Waals surface area contributed by atoms with Crippen LogP contribution in [0.15, 0.2) is 54.6 Å². The number of hydrogen-bond donors (Lipinski definition) is 2. The smallest absolute Gasteiger partial charge is 0.221 e. The molecule has 0 bridgehead atoms. The molecule has 0 radical (unpaired) electrons. The van der Waals surface area contributed by atoms with Crippen LogP contribution in [-0.2, 0) is 16.8 Å². The Morgan fingerprint density at radius 1 is 1.00 bits per heavy atom. The van der Waals surface area contributed by atoms with Gasteiger partial charge in [0.25, 0.3) is 0 Å². The molecule has 3 nitrogen and oxygen atoms in total. The lowest BCUT2D eigenvalue weighted by molar-refractivity contribution is -0.123. The van der Waals surface area contributed by atoms with E-state index in [9.17, 15) is 4.79 Å². The molecule has 1 aliphatic carbocycles. The number of aryl methyl sites for hydroxylation is 1. The molecule has 3 rings (SSSR count). The first-order chi connectivity index (χ1) is 11.2. The Morgan fingerprint density at radius 2 is 1.65 bits per heavy atom. The van der Waals surface area contributed by atoms with Crippen molar-refractivity contribution in [2.24, 2.45) is 0 Å². The summed E-state index contributed by atoms with van der Waals surface area (Å²) < 4.78 is 0. The summed E-state index contributed by atoms with van der Waals surface area (Å²) in [5.74, 6) is 0.110. The monoisotopic (exact) mass is 308 g/mol. The fourth-order valence-electron chi connectivity index (χ4n) is 3.56. The van der Waals surface area contributed by atoms with Crippen molar-refractivity contribution in [3.63, 3.8) is 0 Å². The Morgan fingerprint density at radius 3 is 2.35 bits per heavy atom. The van der Waals surface area contributed by atoms with Crippen LogP contribution in [0.3, 0.4) is 0 Å². The van der Waals surface area contributed by atoms with Gasteiger partial charge >= 0.3 is 0 Å². The molecule has 23 heavy (non-hydrogen) atoms. The predicted octanol–water partition coefficient (Wildman–Crippen LogP) is 3.79. The minimum Gasteiger partial charge on any atom is -0.399 e. The standard InChI is InChI=1S/C20H24N2O/c21-18-11-5-4-8-16(18)12-13-19(23)22-20(14-6-7-15-20)17-9-2-1-3-10-17/h1-5,8-11H,6-7,12-15,21H2,(H,22,23). The zero-order valence-electron chi connectivity index (χ0n) is 13.4. The number of anilines is 1. The quantitative estimate of drug-likeness (QED) is 0.826. The van der Waals surface area contributed by atoms with Crippen LogP contribution in [0.2, 0.25) is 0 Å². The van der Waals surface area contributed by atoms with Crippen molar-refractivity contribution in [3.05, 3.63) is 65.7 Å². The molecule has 1 aliphatic rings. The summed E-state index contributed by atoms with van der Waals surface area (Å²) in [4.78, 5) is 12.5. The Bertz CT molecular complexity index is 660. The summed E-state index contributed by atoms with van der Waals surface area (Å²) >= 11 is 0. The second-order valence-corrected chi connectivity index (χ2v) is 6.40. The Labute approximate surface area is 137 Å². The van der Waals surface area contributed by atoms with E-state index in [0.717, 1.165) is 24.1 Å². The number of amides is 1. The second-order valence-electron chi connectivity index (χ2n) is 6.40. The molecule has 1 saturated carbocycles. The fourth-order valence-corrected chi connectivity index (χ4v) is 3.56. The van der Waals surface area contributed by atoms with Gasteiger partial charge in [-0.05, 0) is 36.5 Å². The van der Waals surface area contributed by atoms with Crippen molar-refractivity contribution in [2.45, 2.75) is 44.1 Å². The molecule has 120 valence electrons. The topological polar surface area (TPSA) is 55.1 Å². The molecule has 0 aromatic heterocycles. The maximum absolute atomic E-state index is 12.5. The van der Waals surface area contributed by atoms with Gasteiger partial charge in [0.1, 0.15) is 0 Å². The van der Waals surface area contributed by atoms with Gasteiger partial charge in [-0.1, -0.05) is 61.4 Å². The van der Waals surface area contributed by atoms with E-state index in [2.05, 4.69) is 17.4 Å². The summed E-state index contributed by atoms with van der Waals surface area (Å²) in [6.45, 7) is 0. The largest absolute Gasteiger partial charge is 0.399 e. The van der Waals surface area contributed by atoms with E-state index < -0.39 is 0 Å². The minimum atomic E-state index is -0.180. The number of carbonyl (C=O) groups excluding carboxylic acids is 1. The first-order valence-electron chi connectivity index (χ1n) is 8.40. The molecule has 1 amide bonds.